The van der Waals surface area contributed by atoms with E-state index in [-0.39, 0.29) is 25.4 Å². The number of nitrogens with two attached hydrogens (primary N) is 1. The minimum atomic E-state index is -1.50. The van der Waals surface area contributed by atoms with Gasteiger partial charge in [-0.2, -0.15) is 10.4 Å². The Morgan fingerprint density at radius 2 is 2.16 bits per heavy atom. The van der Waals surface area contributed by atoms with Gasteiger partial charge in [0.1, 0.15) is 48.4 Å². The van der Waals surface area contributed by atoms with E-state index in [1.54, 1.807) is 23.6 Å². The SMILES string of the molecule is CCOC1O[C@H]2[C@H](c3ccc4c(N)ncnn34)O[C@](C#N)(COCN[C@@H](C)C(=O)OC3CCCCC3)[C@H]2O1. The van der Waals surface area contributed by atoms with Crippen molar-refractivity contribution in [2.24, 2.45) is 0 Å². The van der Waals surface area contributed by atoms with Gasteiger partial charge in [0.05, 0.1) is 19.0 Å². The number of nitriles is 1. The van der Waals surface area contributed by atoms with Crippen molar-refractivity contribution in [1.82, 2.24) is 19.9 Å². The van der Waals surface area contributed by atoms with Crippen molar-refractivity contribution in [1.29, 1.82) is 5.26 Å². The minimum absolute atomic E-state index is 0.00331. The van der Waals surface area contributed by atoms with E-state index < -0.39 is 36.4 Å². The molecule has 4 heterocycles. The fourth-order valence-electron chi connectivity index (χ4n) is 5.18. The van der Waals surface area contributed by atoms with Crippen molar-refractivity contribution in [3.05, 3.63) is 24.2 Å². The van der Waals surface area contributed by atoms with Gasteiger partial charge in [-0.3, -0.25) is 10.1 Å². The smallest absolute Gasteiger partial charge is 0.323 e. The molecule has 3 aliphatic rings. The zero-order valence-electron chi connectivity index (χ0n) is 21.6. The van der Waals surface area contributed by atoms with E-state index in [4.69, 9.17) is 34.2 Å². The quantitative estimate of drug-likeness (QED) is 0.259. The Hall–Kier alpha value is -2.86. The highest BCUT2D eigenvalue weighted by molar-refractivity contribution is 5.75. The Kier molecular flexibility index (Phi) is 8.08. The van der Waals surface area contributed by atoms with E-state index >= 15 is 0 Å². The first-order chi connectivity index (χ1) is 18.5. The van der Waals surface area contributed by atoms with E-state index in [2.05, 4.69) is 21.5 Å². The van der Waals surface area contributed by atoms with Crippen molar-refractivity contribution < 1.29 is 33.2 Å². The van der Waals surface area contributed by atoms with Crippen LogP contribution in [-0.2, 0) is 33.2 Å². The van der Waals surface area contributed by atoms with Gasteiger partial charge in [-0.15, -0.1) is 0 Å². The van der Waals surface area contributed by atoms with E-state index in [0.29, 0.717) is 23.6 Å². The molecule has 1 aliphatic carbocycles. The maximum atomic E-state index is 12.4. The van der Waals surface area contributed by atoms with Gasteiger partial charge < -0.3 is 34.2 Å². The van der Waals surface area contributed by atoms with Crippen LogP contribution in [0.1, 0.15) is 57.7 Å². The molecule has 1 saturated carbocycles. The predicted octanol–water partition coefficient (Wildman–Crippen LogP) is 1.58. The molecule has 0 amide bonds. The first kappa shape index (κ1) is 26.7. The molecular formula is C25H34N6O7. The average molecular weight is 531 g/mol. The number of fused-ring (bicyclic) bond motifs is 2. The number of esters is 1. The normalized spacial score (nSPS) is 30.2. The molecule has 3 fully saturated rings. The lowest BCUT2D eigenvalue weighted by atomic mass is 9.96. The number of rotatable bonds is 10. The molecular weight excluding hydrogens is 496 g/mol. The van der Waals surface area contributed by atoms with Gasteiger partial charge in [0, 0.05) is 6.61 Å². The second kappa shape index (κ2) is 11.5. The maximum Gasteiger partial charge on any atom is 0.323 e. The van der Waals surface area contributed by atoms with Crippen molar-refractivity contribution in [3.63, 3.8) is 0 Å². The number of hydrogen-bond donors (Lipinski definition) is 2. The van der Waals surface area contributed by atoms with Crippen LogP contribution in [0.5, 0.6) is 0 Å². The molecule has 0 radical (unpaired) electrons. The second-order valence-corrected chi connectivity index (χ2v) is 9.76. The summed E-state index contributed by atoms with van der Waals surface area (Å²) < 4.78 is 36.8. The van der Waals surface area contributed by atoms with Crippen molar-refractivity contribution in [2.75, 3.05) is 25.7 Å². The van der Waals surface area contributed by atoms with Crippen molar-refractivity contribution in [3.8, 4) is 6.07 Å². The van der Waals surface area contributed by atoms with Crippen molar-refractivity contribution in [2.45, 2.75) is 88.5 Å². The van der Waals surface area contributed by atoms with Crippen LogP contribution >= 0.6 is 0 Å². The monoisotopic (exact) mass is 530 g/mol. The summed E-state index contributed by atoms with van der Waals surface area (Å²) in [6, 6.07) is 5.25. The summed E-state index contributed by atoms with van der Waals surface area (Å²) in [6.07, 6.45) is 4.30. The Labute approximate surface area is 220 Å². The van der Waals surface area contributed by atoms with E-state index in [0.717, 1.165) is 25.7 Å². The van der Waals surface area contributed by atoms with Gasteiger partial charge >= 0.3 is 5.97 Å². The Morgan fingerprint density at radius 1 is 1.34 bits per heavy atom. The molecule has 0 bridgehead atoms. The van der Waals surface area contributed by atoms with Gasteiger partial charge in [0.15, 0.2) is 5.82 Å². The first-order valence-electron chi connectivity index (χ1n) is 13.1. The highest BCUT2D eigenvalue weighted by Crippen LogP contribution is 2.47. The first-order valence-corrected chi connectivity index (χ1v) is 13.1. The highest BCUT2D eigenvalue weighted by atomic mass is 16.9. The van der Waals surface area contributed by atoms with Crippen LogP contribution in [-0.4, -0.2) is 76.9 Å². The van der Waals surface area contributed by atoms with Gasteiger partial charge in [-0.25, -0.2) is 9.50 Å². The Morgan fingerprint density at radius 3 is 2.92 bits per heavy atom. The topological polar surface area (TPSA) is 164 Å². The van der Waals surface area contributed by atoms with Crippen LogP contribution in [0.3, 0.4) is 0 Å². The zero-order valence-corrected chi connectivity index (χ0v) is 21.6. The largest absolute Gasteiger partial charge is 0.461 e. The summed E-state index contributed by atoms with van der Waals surface area (Å²) in [4.78, 5) is 16.5. The third kappa shape index (κ3) is 5.20. The van der Waals surface area contributed by atoms with Crippen LogP contribution in [0.2, 0.25) is 0 Å². The molecule has 5 rings (SSSR count). The summed E-state index contributed by atoms with van der Waals surface area (Å²) in [5.74, 6) is -0.00476. The van der Waals surface area contributed by atoms with E-state index in [1.807, 2.05) is 6.92 Å². The molecule has 2 aromatic rings. The molecule has 0 spiro atoms. The lowest BCUT2D eigenvalue weighted by Crippen LogP contribution is -2.47. The average Bonchev–Trinajstić information content (AvgIpc) is 3.61. The van der Waals surface area contributed by atoms with Crippen LogP contribution in [0.25, 0.3) is 5.52 Å². The summed E-state index contributed by atoms with van der Waals surface area (Å²) in [5.41, 5.74) is 5.72. The number of anilines is 1. The lowest BCUT2D eigenvalue weighted by molar-refractivity contribution is -0.269. The van der Waals surface area contributed by atoms with Crippen LogP contribution in [0.15, 0.2) is 18.5 Å². The van der Waals surface area contributed by atoms with Gasteiger partial charge in [0.25, 0.3) is 6.48 Å². The summed E-state index contributed by atoms with van der Waals surface area (Å²) in [7, 11) is 0. The molecule has 1 unspecified atom stereocenters. The van der Waals surface area contributed by atoms with Gasteiger partial charge in [-0.1, -0.05) is 6.42 Å². The number of nitrogens with zero attached hydrogens (tertiary/aromatic N) is 4. The molecule has 0 aromatic carbocycles. The number of aromatic nitrogens is 3. The molecule has 2 aliphatic heterocycles. The predicted molar refractivity (Wildman–Crippen MR) is 131 cm³/mol. The van der Waals surface area contributed by atoms with E-state index in [9.17, 15) is 10.1 Å². The van der Waals surface area contributed by atoms with E-state index in [1.165, 1.54) is 12.7 Å². The fraction of sp³-hybridized carbons (Fsp3) is 0.680. The molecule has 38 heavy (non-hydrogen) atoms. The Balaban J connectivity index is 1.25. The second-order valence-electron chi connectivity index (χ2n) is 9.76. The summed E-state index contributed by atoms with van der Waals surface area (Å²) in [6.45, 7) is 2.82. The summed E-state index contributed by atoms with van der Waals surface area (Å²) >= 11 is 0. The Bertz CT molecular complexity index is 1160. The van der Waals surface area contributed by atoms with Gasteiger partial charge in [-0.05, 0) is 51.7 Å². The molecule has 13 heteroatoms. The number of carbonyl (C=O) groups is 1. The van der Waals surface area contributed by atoms with Crippen molar-refractivity contribution >= 4 is 17.3 Å². The number of carbonyl (C=O) groups excluding carboxylic acids is 1. The molecule has 13 nitrogen and oxygen atoms in total. The molecule has 6 atom stereocenters. The lowest BCUT2D eigenvalue weighted by Gasteiger charge is -2.27. The molecule has 3 N–H and O–H groups in total. The number of hydrogen-bond acceptors (Lipinski definition) is 12. The molecule has 2 aromatic heterocycles. The molecule has 206 valence electrons. The number of ether oxygens (including phenoxy) is 6. The number of nitrogen functional groups attached to an aromatic ring is 1. The standard InChI is InChI=1S/C25H34N6O7/c1-3-34-24-36-20-19(17-9-10-18-22(27)28-13-30-31(17)18)38-25(11-26,21(20)37-24)12-33-14-29-15(2)23(32)35-16-7-5-4-6-8-16/h9-10,13,15-16,19-21,24,29H,3-8,12,14H2,1-2H3,(H2,27,28,30)/t15-,19-,20-,21-,24?,25+/m0/s1. The van der Waals surface area contributed by atoms with Crippen LogP contribution < -0.4 is 11.1 Å². The fourth-order valence-corrected chi connectivity index (χ4v) is 5.18. The van der Waals surface area contributed by atoms with Gasteiger partial charge in [0.2, 0.25) is 5.60 Å². The summed E-state index contributed by atoms with van der Waals surface area (Å²) in [5, 5.41) is 17.5. The third-order valence-corrected chi connectivity index (χ3v) is 7.21. The minimum Gasteiger partial charge on any atom is -0.461 e. The number of nitrogens with one attached hydrogen (secondary N) is 1. The molecule has 2 saturated heterocycles. The highest BCUT2D eigenvalue weighted by Gasteiger charge is 2.63. The maximum absolute atomic E-state index is 12.4. The van der Waals surface area contributed by atoms with Crippen LogP contribution in [0, 0.1) is 11.3 Å². The van der Waals surface area contributed by atoms with Crippen LogP contribution in [0.4, 0.5) is 5.82 Å². The third-order valence-electron chi connectivity index (χ3n) is 7.21. The zero-order chi connectivity index (χ0) is 26.7.